The number of fused-ring (bicyclic) bond motifs is 1. The zero-order valence-electron chi connectivity index (χ0n) is 10.6. The van der Waals surface area contributed by atoms with Crippen molar-refractivity contribution in [3.05, 3.63) is 30.5 Å². The minimum atomic E-state index is -0.347. The SMILES string of the molecule is FCCC1CN(c2nncc3ccccc23)CCO1. The molecule has 2 aromatic rings. The maximum absolute atomic E-state index is 12.4. The second-order valence-corrected chi connectivity index (χ2v) is 4.67. The van der Waals surface area contributed by atoms with Crippen molar-refractivity contribution in [2.75, 3.05) is 31.3 Å². The van der Waals surface area contributed by atoms with E-state index in [4.69, 9.17) is 4.74 Å². The summed E-state index contributed by atoms with van der Waals surface area (Å²) in [5.74, 6) is 0.866. The van der Waals surface area contributed by atoms with Crippen molar-refractivity contribution in [3.63, 3.8) is 0 Å². The molecule has 2 heterocycles. The molecule has 1 aromatic carbocycles. The molecule has 1 aliphatic heterocycles. The molecule has 1 atom stereocenters. The Morgan fingerprint density at radius 2 is 2.26 bits per heavy atom. The first-order valence-corrected chi connectivity index (χ1v) is 6.51. The van der Waals surface area contributed by atoms with E-state index in [1.807, 2.05) is 24.3 Å². The van der Waals surface area contributed by atoms with E-state index >= 15 is 0 Å². The van der Waals surface area contributed by atoms with Gasteiger partial charge < -0.3 is 9.64 Å². The van der Waals surface area contributed by atoms with Crippen LogP contribution in [0.15, 0.2) is 30.5 Å². The molecule has 0 saturated carbocycles. The van der Waals surface area contributed by atoms with Crippen molar-refractivity contribution in [2.45, 2.75) is 12.5 Å². The Balaban J connectivity index is 1.91. The third kappa shape index (κ3) is 2.51. The van der Waals surface area contributed by atoms with E-state index in [0.29, 0.717) is 19.6 Å². The summed E-state index contributed by atoms with van der Waals surface area (Å²) in [5.41, 5.74) is 0. The van der Waals surface area contributed by atoms with Crippen molar-refractivity contribution in [2.24, 2.45) is 0 Å². The van der Waals surface area contributed by atoms with Crippen LogP contribution in [-0.4, -0.2) is 42.7 Å². The van der Waals surface area contributed by atoms with Crippen molar-refractivity contribution in [3.8, 4) is 0 Å². The summed E-state index contributed by atoms with van der Waals surface area (Å²) in [4.78, 5) is 2.14. The van der Waals surface area contributed by atoms with Gasteiger partial charge >= 0.3 is 0 Å². The first-order valence-electron chi connectivity index (χ1n) is 6.51. The number of rotatable bonds is 3. The Morgan fingerprint density at radius 3 is 3.16 bits per heavy atom. The largest absolute Gasteiger partial charge is 0.374 e. The molecule has 1 unspecified atom stereocenters. The van der Waals surface area contributed by atoms with Gasteiger partial charge in [-0.05, 0) is 0 Å². The van der Waals surface area contributed by atoms with Crippen LogP contribution in [0.5, 0.6) is 0 Å². The zero-order valence-corrected chi connectivity index (χ0v) is 10.6. The van der Waals surface area contributed by atoms with Crippen LogP contribution in [0.1, 0.15) is 6.42 Å². The molecule has 0 bridgehead atoms. The van der Waals surface area contributed by atoms with Gasteiger partial charge in [0.15, 0.2) is 5.82 Å². The lowest BCUT2D eigenvalue weighted by molar-refractivity contribution is 0.0310. The molecule has 0 radical (unpaired) electrons. The number of anilines is 1. The van der Waals surface area contributed by atoms with Gasteiger partial charge in [0.2, 0.25) is 0 Å². The molecule has 1 aliphatic rings. The molecule has 1 aromatic heterocycles. The Bertz CT molecular complexity index is 556. The monoisotopic (exact) mass is 261 g/mol. The van der Waals surface area contributed by atoms with Gasteiger partial charge in [-0.25, -0.2) is 0 Å². The molecule has 19 heavy (non-hydrogen) atoms. The standard InChI is InChI=1S/C14H16FN3O/c15-6-5-12-10-18(7-8-19-12)14-13-4-2-1-3-11(13)9-16-17-14/h1-4,9,12H,5-8,10H2. The fraction of sp³-hybridized carbons (Fsp3) is 0.429. The highest BCUT2D eigenvalue weighted by molar-refractivity contribution is 5.91. The maximum Gasteiger partial charge on any atom is 0.159 e. The van der Waals surface area contributed by atoms with E-state index in [1.165, 1.54) is 0 Å². The van der Waals surface area contributed by atoms with E-state index in [1.54, 1.807) is 6.20 Å². The molecule has 100 valence electrons. The Morgan fingerprint density at radius 1 is 1.37 bits per heavy atom. The number of halogens is 1. The predicted octanol–water partition coefficient (Wildman–Crippen LogP) is 2.19. The number of ether oxygens (including phenoxy) is 1. The van der Waals surface area contributed by atoms with Crippen LogP contribution in [0.25, 0.3) is 10.8 Å². The van der Waals surface area contributed by atoms with Crippen LogP contribution < -0.4 is 4.90 Å². The quantitative estimate of drug-likeness (QED) is 0.849. The first kappa shape index (κ1) is 12.3. The number of hydrogen-bond donors (Lipinski definition) is 0. The average Bonchev–Trinajstić information content (AvgIpc) is 2.47. The second kappa shape index (κ2) is 5.48. The summed E-state index contributed by atoms with van der Waals surface area (Å²) in [6.07, 6.45) is 2.15. The number of benzene rings is 1. The number of alkyl halides is 1. The number of hydrogen-bond acceptors (Lipinski definition) is 4. The summed E-state index contributed by atoms with van der Waals surface area (Å²) in [6.45, 7) is 1.70. The maximum atomic E-state index is 12.4. The molecule has 0 N–H and O–H groups in total. The van der Waals surface area contributed by atoms with Crippen LogP contribution in [-0.2, 0) is 4.74 Å². The third-order valence-electron chi connectivity index (χ3n) is 3.42. The van der Waals surface area contributed by atoms with Gasteiger partial charge in [-0.15, -0.1) is 5.10 Å². The normalized spacial score (nSPS) is 19.8. The van der Waals surface area contributed by atoms with E-state index in [2.05, 4.69) is 15.1 Å². The second-order valence-electron chi connectivity index (χ2n) is 4.67. The lowest BCUT2D eigenvalue weighted by atomic mass is 10.1. The van der Waals surface area contributed by atoms with Gasteiger partial charge in [0.25, 0.3) is 0 Å². The predicted molar refractivity (Wildman–Crippen MR) is 72.1 cm³/mol. The van der Waals surface area contributed by atoms with Gasteiger partial charge in [-0.1, -0.05) is 24.3 Å². The van der Waals surface area contributed by atoms with E-state index < -0.39 is 0 Å². The van der Waals surface area contributed by atoms with Crippen LogP contribution in [0.2, 0.25) is 0 Å². The summed E-state index contributed by atoms with van der Waals surface area (Å²) in [6, 6.07) is 8.04. The van der Waals surface area contributed by atoms with Crippen LogP contribution >= 0.6 is 0 Å². The van der Waals surface area contributed by atoms with Gasteiger partial charge in [0.1, 0.15) is 0 Å². The van der Waals surface area contributed by atoms with Crippen molar-refractivity contribution in [1.82, 2.24) is 10.2 Å². The molecule has 4 nitrogen and oxygen atoms in total. The summed E-state index contributed by atoms with van der Waals surface area (Å²) < 4.78 is 18.0. The molecule has 0 spiro atoms. The number of nitrogens with zero attached hydrogens (tertiary/aromatic N) is 3. The Hall–Kier alpha value is -1.75. The molecular formula is C14H16FN3O. The lowest BCUT2D eigenvalue weighted by Gasteiger charge is -2.33. The van der Waals surface area contributed by atoms with Gasteiger partial charge in [-0.2, -0.15) is 5.10 Å². The molecule has 5 heteroatoms. The minimum Gasteiger partial charge on any atom is -0.374 e. The van der Waals surface area contributed by atoms with Gasteiger partial charge in [-0.3, -0.25) is 4.39 Å². The summed E-state index contributed by atoms with van der Waals surface area (Å²) in [7, 11) is 0. The Labute approximate surface area is 111 Å². The van der Waals surface area contributed by atoms with Gasteiger partial charge in [0, 0.05) is 30.3 Å². The van der Waals surface area contributed by atoms with Gasteiger partial charge in [0.05, 0.1) is 25.6 Å². The molecule has 0 amide bonds. The van der Waals surface area contributed by atoms with Crippen molar-refractivity contribution in [1.29, 1.82) is 0 Å². The van der Waals surface area contributed by atoms with Crippen molar-refractivity contribution < 1.29 is 9.13 Å². The highest BCUT2D eigenvalue weighted by Gasteiger charge is 2.22. The minimum absolute atomic E-state index is 0.0560. The zero-order chi connectivity index (χ0) is 13.1. The van der Waals surface area contributed by atoms with Crippen LogP contribution in [0.3, 0.4) is 0 Å². The number of morpholine rings is 1. The molecule has 0 aliphatic carbocycles. The first-order chi connectivity index (χ1) is 9.38. The molecule has 3 rings (SSSR count). The van der Waals surface area contributed by atoms with E-state index in [0.717, 1.165) is 23.1 Å². The fourth-order valence-corrected chi connectivity index (χ4v) is 2.45. The third-order valence-corrected chi connectivity index (χ3v) is 3.42. The lowest BCUT2D eigenvalue weighted by Crippen LogP contribution is -2.43. The van der Waals surface area contributed by atoms with E-state index in [-0.39, 0.29) is 12.8 Å². The smallest absolute Gasteiger partial charge is 0.159 e. The molecule has 1 saturated heterocycles. The summed E-state index contributed by atoms with van der Waals surface area (Å²) in [5, 5.41) is 10.5. The highest BCUT2D eigenvalue weighted by atomic mass is 19.1. The topological polar surface area (TPSA) is 38.2 Å². The molecule has 1 fully saturated rings. The Kier molecular flexibility index (Phi) is 3.55. The summed E-state index contributed by atoms with van der Waals surface area (Å²) >= 11 is 0. The molecular weight excluding hydrogens is 245 g/mol. The van der Waals surface area contributed by atoms with Crippen molar-refractivity contribution >= 4 is 16.6 Å². The average molecular weight is 261 g/mol. The van der Waals surface area contributed by atoms with E-state index in [9.17, 15) is 4.39 Å². The highest BCUT2D eigenvalue weighted by Crippen LogP contribution is 2.25. The number of aromatic nitrogens is 2. The van der Waals surface area contributed by atoms with Crippen LogP contribution in [0.4, 0.5) is 10.2 Å². The van der Waals surface area contributed by atoms with Crippen LogP contribution in [0, 0.1) is 0 Å². The fourth-order valence-electron chi connectivity index (χ4n) is 2.45.